The largest absolute Gasteiger partial charge is 0.496 e. The summed E-state index contributed by atoms with van der Waals surface area (Å²) < 4.78 is 16.9. The van der Waals surface area contributed by atoms with Crippen molar-refractivity contribution in [3.63, 3.8) is 0 Å². The Labute approximate surface area is 134 Å². The molecule has 2 heterocycles. The summed E-state index contributed by atoms with van der Waals surface area (Å²) in [7, 11) is 0. The van der Waals surface area contributed by atoms with Crippen molar-refractivity contribution in [2.75, 3.05) is 13.2 Å². The number of allylic oxidation sites excluding steroid dienone is 1. The van der Waals surface area contributed by atoms with Crippen molar-refractivity contribution in [3.05, 3.63) is 30.0 Å². The number of benzene rings is 1. The Bertz CT molecular complexity index is 665. The predicted octanol–water partition coefficient (Wildman–Crippen LogP) is 2.17. The summed E-state index contributed by atoms with van der Waals surface area (Å²) in [5.74, 6) is 1.25. The molecule has 0 radical (unpaired) electrons. The fraction of sp³-hybridized carbons (Fsp3) is 0.500. The fourth-order valence-corrected chi connectivity index (χ4v) is 3.69. The van der Waals surface area contributed by atoms with Crippen LogP contribution in [0.25, 0.3) is 5.57 Å². The number of fused-ring (bicyclic) bond motifs is 2. The number of hydrogen-bond donors (Lipinski definition) is 1. The zero-order valence-corrected chi connectivity index (χ0v) is 13.0. The van der Waals surface area contributed by atoms with Crippen molar-refractivity contribution in [2.24, 2.45) is 11.8 Å². The maximum atomic E-state index is 12.9. The second-order valence-electron chi connectivity index (χ2n) is 6.47. The fourth-order valence-electron chi connectivity index (χ4n) is 3.69. The number of rotatable bonds is 1. The Morgan fingerprint density at radius 1 is 1.13 bits per heavy atom. The summed E-state index contributed by atoms with van der Waals surface area (Å²) in [6.07, 6.45) is 2.23. The molecule has 23 heavy (non-hydrogen) atoms. The summed E-state index contributed by atoms with van der Waals surface area (Å²) in [5.41, 5.74) is 1.36. The molecule has 1 aliphatic carbocycles. The molecule has 5 heteroatoms. The minimum absolute atomic E-state index is 0.0317. The van der Waals surface area contributed by atoms with Crippen LogP contribution >= 0.6 is 0 Å². The summed E-state index contributed by atoms with van der Waals surface area (Å²) in [6.45, 7) is 3.00. The Hall–Kier alpha value is -2.01. The molecule has 0 aromatic heterocycles. The van der Waals surface area contributed by atoms with Crippen molar-refractivity contribution < 1.29 is 24.1 Å². The predicted molar refractivity (Wildman–Crippen MR) is 83.2 cm³/mol. The van der Waals surface area contributed by atoms with Gasteiger partial charge in [0.05, 0.1) is 23.9 Å². The molecule has 1 fully saturated rings. The van der Waals surface area contributed by atoms with E-state index >= 15 is 0 Å². The molecule has 2 aliphatic heterocycles. The van der Waals surface area contributed by atoms with Gasteiger partial charge in [-0.15, -0.1) is 0 Å². The monoisotopic (exact) mass is 316 g/mol. The molecule has 0 spiro atoms. The molecule has 0 bridgehead atoms. The molecule has 1 N–H and O–H groups in total. The maximum absolute atomic E-state index is 12.9. The Balaban J connectivity index is 1.65. The Morgan fingerprint density at radius 2 is 1.91 bits per heavy atom. The van der Waals surface area contributed by atoms with Gasteiger partial charge in [-0.1, -0.05) is 13.0 Å². The first kappa shape index (κ1) is 14.6. The quantitative estimate of drug-likeness (QED) is 0.860. The Kier molecular flexibility index (Phi) is 3.53. The minimum atomic E-state index is -0.395. The molecule has 1 aromatic rings. The van der Waals surface area contributed by atoms with Gasteiger partial charge >= 0.3 is 0 Å². The number of Topliss-reactive ketones (excluding diaryl/α,β-unsaturated/α-hetero) is 1. The molecule has 4 unspecified atom stereocenters. The highest BCUT2D eigenvalue weighted by atomic mass is 16.6. The number of ether oxygens (including phenoxy) is 3. The summed E-state index contributed by atoms with van der Waals surface area (Å²) >= 11 is 0. The first-order valence-electron chi connectivity index (χ1n) is 8.13. The third kappa shape index (κ3) is 2.39. The first-order valence-corrected chi connectivity index (χ1v) is 8.13. The van der Waals surface area contributed by atoms with Gasteiger partial charge in [-0.3, -0.25) is 4.79 Å². The highest BCUT2D eigenvalue weighted by Gasteiger charge is 2.44. The molecule has 1 saturated carbocycles. The first-order chi connectivity index (χ1) is 11.1. The van der Waals surface area contributed by atoms with Crippen molar-refractivity contribution in [2.45, 2.75) is 32.0 Å². The van der Waals surface area contributed by atoms with E-state index in [1.807, 2.05) is 25.1 Å². The second kappa shape index (κ2) is 5.57. The number of aliphatic hydroxyl groups excluding tert-OH is 1. The lowest BCUT2D eigenvalue weighted by molar-refractivity contribution is -0.131. The molecule has 3 aliphatic rings. The van der Waals surface area contributed by atoms with E-state index in [0.717, 1.165) is 5.56 Å². The minimum Gasteiger partial charge on any atom is -0.496 e. The van der Waals surface area contributed by atoms with Gasteiger partial charge in [0.1, 0.15) is 19.3 Å². The van der Waals surface area contributed by atoms with Crippen LogP contribution < -0.4 is 9.47 Å². The zero-order chi connectivity index (χ0) is 16.0. The topological polar surface area (TPSA) is 65.0 Å². The molecule has 122 valence electrons. The molecule has 4 rings (SSSR count). The molecule has 1 aromatic carbocycles. The van der Waals surface area contributed by atoms with Gasteiger partial charge in [-0.2, -0.15) is 0 Å². The van der Waals surface area contributed by atoms with Crippen LogP contribution in [0.3, 0.4) is 0 Å². The van der Waals surface area contributed by atoms with Gasteiger partial charge < -0.3 is 19.3 Å². The third-order valence-corrected chi connectivity index (χ3v) is 5.09. The van der Waals surface area contributed by atoms with E-state index in [1.165, 1.54) is 0 Å². The standard InChI is InChI=1S/C18H20O5/c1-10-14(19)4-3-12-17(20)13(9-23-18(10)12)11-2-5-15-16(8-11)22-7-6-21-15/h2,5,8-10,12,14,18-19H,3-4,6-7H2,1H3. The molecule has 0 amide bonds. The van der Waals surface area contributed by atoms with E-state index < -0.39 is 6.10 Å². The van der Waals surface area contributed by atoms with Crippen LogP contribution in [0.1, 0.15) is 25.3 Å². The van der Waals surface area contributed by atoms with Crippen LogP contribution in [0.15, 0.2) is 24.5 Å². The van der Waals surface area contributed by atoms with Gasteiger partial charge in [0.15, 0.2) is 17.3 Å². The van der Waals surface area contributed by atoms with E-state index in [1.54, 1.807) is 6.26 Å². The van der Waals surface area contributed by atoms with E-state index in [4.69, 9.17) is 14.2 Å². The van der Waals surface area contributed by atoms with Crippen molar-refractivity contribution in [1.29, 1.82) is 0 Å². The van der Waals surface area contributed by atoms with Crippen molar-refractivity contribution in [3.8, 4) is 11.5 Å². The van der Waals surface area contributed by atoms with Crippen LogP contribution in [0.2, 0.25) is 0 Å². The number of aliphatic hydroxyl groups is 1. The molecular formula is C18H20O5. The molecular weight excluding hydrogens is 296 g/mol. The Morgan fingerprint density at radius 3 is 2.74 bits per heavy atom. The number of hydrogen-bond acceptors (Lipinski definition) is 5. The van der Waals surface area contributed by atoms with Crippen molar-refractivity contribution in [1.82, 2.24) is 0 Å². The summed E-state index contributed by atoms with van der Waals surface area (Å²) in [4.78, 5) is 12.9. The third-order valence-electron chi connectivity index (χ3n) is 5.09. The maximum Gasteiger partial charge on any atom is 0.173 e. The van der Waals surface area contributed by atoms with Gasteiger partial charge in [-0.05, 0) is 30.5 Å². The normalized spacial score (nSPS) is 32.6. The van der Waals surface area contributed by atoms with Crippen LogP contribution in [0, 0.1) is 11.8 Å². The van der Waals surface area contributed by atoms with E-state index in [0.29, 0.717) is 43.1 Å². The zero-order valence-electron chi connectivity index (χ0n) is 13.0. The molecule has 4 atom stereocenters. The number of carbonyl (C=O) groups is 1. The van der Waals surface area contributed by atoms with Gasteiger partial charge in [0.2, 0.25) is 0 Å². The van der Waals surface area contributed by atoms with Gasteiger partial charge in [0, 0.05) is 5.92 Å². The van der Waals surface area contributed by atoms with Crippen LogP contribution in [-0.2, 0) is 9.53 Å². The van der Waals surface area contributed by atoms with Crippen LogP contribution in [0.4, 0.5) is 0 Å². The molecule has 0 saturated heterocycles. The van der Waals surface area contributed by atoms with E-state index in [-0.39, 0.29) is 23.7 Å². The average molecular weight is 316 g/mol. The summed E-state index contributed by atoms with van der Waals surface area (Å²) in [6, 6.07) is 5.53. The van der Waals surface area contributed by atoms with Gasteiger partial charge in [0.25, 0.3) is 0 Å². The molecule has 5 nitrogen and oxygen atoms in total. The highest BCUT2D eigenvalue weighted by Crippen LogP contribution is 2.40. The lowest BCUT2D eigenvalue weighted by Gasteiger charge is -2.40. The van der Waals surface area contributed by atoms with Gasteiger partial charge in [-0.25, -0.2) is 0 Å². The lowest BCUT2D eigenvalue weighted by Crippen LogP contribution is -2.46. The smallest absolute Gasteiger partial charge is 0.173 e. The van der Waals surface area contributed by atoms with Crippen LogP contribution in [-0.4, -0.2) is 36.3 Å². The summed E-state index contributed by atoms with van der Waals surface area (Å²) in [5, 5.41) is 9.98. The SMILES string of the molecule is CC1C(O)CCC2C(=O)C(c3ccc4c(c3)OCCO4)=COC21. The van der Waals surface area contributed by atoms with E-state index in [2.05, 4.69) is 0 Å². The van der Waals surface area contributed by atoms with E-state index in [9.17, 15) is 9.90 Å². The number of ketones is 1. The highest BCUT2D eigenvalue weighted by molar-refractivity contribution is 6.22. The average Bonchev–Trinajstić information content (AvgIpc) is 2.58. The van der Waals surface area contributed by atoms with Crippen molar-refractivity contribution >= 4 is 11.4 Å². The second-order valence-corrected chi connectivity index (χ2v) is 6.47. The lowest BCUT2D eigenvalue weighted by atomic mass is 9.73. The number of carbonyl (C=O) groups excluding carboxylic acids is 1. The van der Waals surface area contributed by atoms with Crippen LogP contribution in [0.5, 0.6) is 11.5 Å².